The average molecular weight is 240 g/mol. The van der Waals surface area contributed by atoms with Crippen molar-refractivity contribution in [3.63, 3.8) is 0 Å². The van der Waals surface area contributed by atoms with Crippen molar-refractivity contribution < 1.29 is 4.79 Å². The van der Waals surface area contributed by atoms with Crippen LogP contribution in [-0.4, -0.2) is 25.0 Å². The van der Waals surface area contributed by atoms with Crippen LogP contribution in [0.3, 0.4) is 0 Å². The minimum Gasteiger partial charge on any atom is -0.355 e. The second-order valence-electron chi connectivity index (χ2n) is 5.81. The van der Waals surface area contributed by atoms with E-state index in [-0.39, 0.29) is 11.8 Å². The largest absolute Gasteiger partial charge is 0.355 e. The fourth-order valence-electron chi connectivity index (χ4n) is 2.71. The third-order valence-electron chi connectivity index (χ3n) is 3.87. The summed E-state index contributed by atoms with van der Waals surface area (Å²) in [6.07, 6.45) is 4.03. The van der Waals surface area contributed by atoms with E-state index in [0.717, 1.165) is 24.9 Å². The van der Waals surface area contributed by atoms with Crippen molar-refractivity contribution in [1.29, 1.82) is 0 Å². The van der Waals surface area contributed by atoms with E-state index in [1.54, 1.807) is 0 Å². The molecule has 1 fully saturated rings. The molecular formula is C14H28N2O. The van der Waals surface area contributed by atoms with E-state index in [1.807, 2.05) is 13.8 Å². The van der Waals surface area contributed by atoms with Gasteiger partial charge in [-0.25, -0.2) is 0 Å². The van der Waals surface area contributed by atoms with E-state index in [4.69, 9.17) is 0 Å². The van der Waals surface area contributed by atoms with Gasteiger partial charge < -0.3 is 10.6 Å². The fraction of sp³-hybridized carbons (Fsp3) is 0.929. The molecule has 1 saturated carbocycles. The smallest absolute Gasteiger partial charge is 0.222 e. The molecule has 0 aromatic rings. The van der Waals surface area contributed by atoms with Crippen LogP contribution in [0.5, 0.6) is 0 Å². The van der Waals surface area contributed by atoms with Crippen LogP contribution in [0, 0.1) is 17.8 Å². The van der Waals surface area contributed by atoms with E-state index >= 15 is 0 Å². The summed E-state index contributed by atoms with van der Waals surface area (Å²) in [5.74, 6) is 1.76. The van der Waals surface area contributed by atoms with E-state index in [9.17, 15) is 4.79 Å². The highest BCUT2D eigenvalue weighted by Gasteiger charge is 2.26. The molecule has 0 radical (unpaired) electrons. The number of amides is 1. The normalized spacial score (nSPS) is 29.4. The van der Waals surface area contributed by atoms with Crippen LogP contribution in [0.15, 0.2) is 0 Å². The molecule has 1 amide bonds. The second-order valence-corrected chi connectivity index (χ2v) is 5.81. The number of carbonyl (C=O) groups excluding carboxylic acids is 1. The topological polar surface area (TPSA) is 41.1 Å². The zero-order chi connectivity index (χ0) is 12.8. The maximum Gasteiger partial charge on any atom is 0.222 e. The van der Waals surface area contributed by atoms with Crippen LogP contribution in [0.2, 0.25) is 0 Å². The van der Waals surface area contributed by atoms with Crippen LogP contribution in [0.25, 0.3) is 0 Å². The first-order chi connectivity index (χ1) is 8.02. The fourth-order valence-corrected chi connectivity index (χ4v) is 2.71. The zero-order valence-corrected chi connectivity index (χ0v) is 11.8. The molecule has 0 spiro atoms. The Kier molecular flexibility index (Phi) is 5.96. The van der Waals surface area contributed by atoms with E-state index in [1.165, 1.54) is 19.3 Å². The Morgan fingerprint density at radius 2 is 1.76 bits per heavy atom. The molecule has 2 atom stereocenters. The molecular weight excluding hydrogens is 212 g/mol. The molecule has 0 bridgehead atoms. The summed E-state index contributed by atoms with van der Waals surface area (Å²) >= 11 is 0. The number of nitrogens with one attached hydrogen (secondary N) is 2. The quantitative estimate of drug-likeness (QED) is 0.723. The Morgan fingerprint density at radius 1 is 1.18 bits per heavy atom. The maximum atomic E-state index is 11.4. The second kappa shape index (κ2) is 7.00. The molecule has 0 aromatic carbocycles. The highest BCUT2D eigenvalue weighted by molar-refractivity contribution is 5.77. The molecule has 0 heterocycles. The molecule has 0 aromatic heterocycles. The molecule has 2 N–H and O–H groups in total. The third-order valence-corrected chi connectivity index (χ3v) is 3.87. The van der Waals surface area contributed by atoms with Crippen molar-refractivity contribution in [1.82, 2.24) is 10.6 Å². The first kappa shape index (κ1) is 14.5. The summed E-state index contributed by atoms with van der Waals surface area (Å²) in [5, 5.41) is 6.55. The van der Waals surface area contributed by atoms with Crippen LogP contribution < -0.4 is 10.6 Å². The molecule has 1 aliphatic carbocycles. The highest BCUT2D eigenvalue weighted by Crippen LogP contribution is 2.28. The predicted molar refractivity (Wildman–Crippen MR) is 71.8 cm³/mol. The first-order valence-corrected chi connectivity index (χ1v) is 7.03. The van der Waals surface area contributed by atoms with Crippen molar-refractivity contribution in [2.45, 2.75) is 53.0 Å². The minimum atomic E-state index is 0.0857. The van der Waals surface area contributed by atoms with Gasteiger partial charge in [0.05, 0.1) is 0 Å². The molecule has 0 aliphatic heterocycles. The number of rotatable bonds is 5. The van der Waals surface area contributed by atoms with Gasteiger partial charge >= 0.3 is 0 Å². The monoisotopic (exact) mass is 240 g/mol. The summed E-state index contributed by atoms with van der Waals surface area (Å²) in [4.78, 5) is 11.4. The number of hydrogen-bond acceptors (Lipinski definition) is 2. The Hall–Kier alpha value is -0.570. The summed E-state index contributed by atoms with van der Waals surface area (Å²) < 4.78 is 0. The Bertz CT molecular complexity index is 230. The Labute approximate surface area is 106 Å². The van der Waals surface area contributed by atoms with Gasteiger partial charge in [-0.05, 0) is 24.7 Å². The standard InChI is InChI=1S/C14H28N2O/c1-10(2)14(17)16-9-8-15-13-11(3)6-5-7-12(13)4/h10-13,15H,5-9H2,1-4H3,(H,16,17). The molecule has 17 heavy (non-hydrogen) atoms. The average Bonchev–Trinajstić information content (AvgIpc) is 2.27. The van der Waals surface area contributed by atoms with Crippen LogP contribution in [0.4, 0.5) is 0 Å². The molecule has 3 nitrogen and oxygen atoms in total. The lowest BCUT2D eigenvalue weighted by atomic mass is 9.79. The number of hydrogen-bond donors (Lipinski definition) is 2. The first-order valence-electron chi connectivity index (χ1n) is 7.03. The van der Waals surface area contributed by atoms with Gasteiger partial charge in [0.1, 0.15) is 0 Å². The van der Waals surface area contributed by atoms with Crippen LogP contribution >= 0.6 is 0 Å². The van der Waals surface area contributed by atoms with Crippen LogP contribution in [0.1, 0.15) is 47.0 Å². The van der Waals surface area contributed by atoms with Crippen molar-refractivity contribution in [3.05, 3.63) is 0 Å². The van der Waals surface area contributed by atoms with Gasteiger partial charge in [-0.2, -0.15) is 0 Å². The highest BCUT2D eigenvalue weighted by atomic mass is 16.1. The van der Waals surface area contributed by atoms with Gasteiger partial charge in [0.25, 0.3) is 0 Å². The minimum absolute atomic E-state index is 0.0857. The van der Waals surface area contributed by atoms with Crippen molar-refractivity contribution in [3.8, 4) is 0 Å². The zero-order valence-electron chi connectivity index (χ0n) is 11.8. The van der Waals surface area contributed by atoms with Gasteiger partial charge in [0.15, 0.2) is 0 Å². The van der Waals surface area contributed by atoms with Crippen molar-refractivity contribution in [2.24, 2.45) is 17.8 Å². The summed E-state index contributed by atoms with van der Waals surface area (Å²) in [6, 6.07) is 0.625. The van der Waals surface area contributed by atoms with Gasteiger partial charge in [0.2, 0.25) is 5.91 Å². The molecule has 1 rings (SSSR count). The van der Waals surface area contributed by atoms with Crippen LogP contribution in [-0.2, 0) is 4.79 Å². The van der Waals surface area contributed by atoms with E-state index in [0.29, 0.717) is 6.04 Å². The van der Waals surface area contributed by atoms with Crippen molar-refractivity contribution in [2.75, 3.05) is 13.1 Å². The lowest BCUT2D eigenvalue weighted by molar-refractivity contribution is -0.123. The lowest BCUT2D eigenvalue weighted by Gasteiger charge is -2.35. The molecule has 2 unspecified atom stereocenters. The maximum absolute atomic E-state index is 11.4. The van der Waals surface area contributed by atoms with Gasteiger partial charge in [0, 0.05) is 25.0 Å². The van der Waals surface area contributed by atoms with Gasteiger partial charge in [-0.3, -0.25) is 4.79 Å². The molecule has 100 valence electrons. The predicted octanol–water partition coefficient (Wildman–Crippen LogP) is 2.17. The Balaban J connectivity index is 2.19. The molecule has 1 aliphatic rings. The summed E-state index contributed by atoms with van der Waals surface area (Å²) in [5.41, 5.74) is 0. The van der Waals surface area contributed by atoms with Gasteiger partial charge in [-0.1, -0.05) is 34.1 Å². The Morgan fingerprint density at radius 3 is 2.29 bits per heavy atom. The van der Waals surface area contributed by atoms with Gasteiger partial charge in [-0.15, -0.1) is 0 Å². The summed E-state index contributed by atoms with van der Waals surface area (Å²) in [7, 11) is 0. The lowest BCUT2D eigenvalue weighted by Crippen LogP contribution is -2.46. The SMILES string of the molecule is CC(C)C(=O)NCCNC1C(C)CCCC1C. The number of carbonyl (C=O) groups is 1. The summed E-state index contributed by atoms with van der Waals surface area (Å²) in [6.45, 7) is 10.1. The van der Waals surface area contributed by atoms with E-state index in [2.05, 4.69) is 24.5 Å². The van der Waals surface area contributed by atoms with E-state index < -0.39 is 0 Å². The van der Waals surface area contributed by atoms with Crippen molar-refractivity contribution >= 4 is 5.91 Å². The third kappa shape index (κ3) is 4.66. The molecule has 3 heteroatoms. The molecule has 0 saturated heterocycles.